The van der Waals surface area contributed by atoms with Gasteiger partial charge in [0.25, 0.3) is 0 Å². The lowest BCUT2D eigenvalue weighted by Crippen LogP contribution is -2.46. The van der Waals surface area contributed by atoms with E-state index < -0.39 is 0 Å². The Morgan fingerprint density at radius 1 is 1.00 bits per heavy atom. The van der Waals surface area contributed by atoms with Crippen molar-refractivity contribution in [2.45, 2.75) is 12.8 Å². The van der Waals surface area contributed by atoms with Crippen LogP contribution in [0.4, 0.5) is 11.4 Å². The third kappa shape index (κ3) is 4.20. The highest BCUT2D eigenvalue weighted by molar-refractivity contribution is 5.54. The van der Waals surface area contributed by atoms with Crippen molar-refractivity contribution in [1.29, 1.82) is 0 Å². The number of methoxy groups -OCH3 is 1. The molecule has 1 fully saturated rings. The molecule has 2 N–H and O–H groups in total. The molecule has 2 aromatic carbocycles. The third-order valence-electron chi connectivity index (χ3n) is 4.73. The lowest BCUT2D eigenvalue weighted by Gasteiger charge is -2.36. The van der Waals surface area contributed by atoms with Crippen molar-refractivity contribution in [3.8, 4) is 5.75 Å². The second-order valence-corrected chi connectivity index (χ2v) is 6.34. The number of para-hydroxylation sites is 1. The first-order valence-electron chi connectivity index (χ1n) is 8.71. The Hall–Kier alpha value is -2.20. The van der Waals surface area contributed by atoms with Crippen LogP contribution in [0.5, 0.6) is 5.75 Å². The lowest BCUT2D eigenvalue weighted by molar-refractivity contribution is 0.255. The summed E-state index contributed by atoms with van der Waals surface area (Å²) in [5.74, 6) is 0.760. The standard InChI is InChI=1S/C20H27N3O/c1-24-20-10-9-17(16-19(20)21)6-5-11-22-12-14-23(15-13-22)18-7-3-2-4-8-18/h2-4,7-10,16H,5-6,11-15,21H2,1H3. The van der Waals surface area contributed by atoms with Gasteiger partial charge in [0, 0.05) is 31.9 Å². The molecule has 3 rings (SSSR count). The molecule has 2 aromatic rings. The first-order chi connectivity index (χ1) is 11.8. The van der Waals surface area contributed by atoms with Crippen molar-refractivity contribution in [3.63, 3.8) is 0 Å². The van der Waals surface area contributed by atoms with Gasteiger partial charge < -0.3 is 15.4 Å². The maximum absolute atomic E-state index is 5.98. The molecule has 0 spiro atoms. The van der Waals surface area contributed by atoms with Gasteiger partial charge in [-0.15, -0.1) is 0 Å². The highest BCUT2D eigenvalue weighted by atomic mass is 16.5. The van der Waals surface area contributed by atoms with Gasteiger partial charge >= 0.3 is 0 Å². The number of hydrogen-bond acceptors (Lipinski definition) is 4. The summed E-state index contributed by atoms with van der Waals surface area (Å²) < 4.78 is 5.21. The molecule has 0 atom stereocenters. The molecule has 0 unspecified atom stereocenters. The number of benzene rings is 2. The van der Waals surface area contributed by atoms with E-state index in [1.165, 1.54) is 11.3 Å². The zero-order chi connectivity index (χ0) is 16.8. The molecule has 24 heavy (non-hydrogen) atoms. The maximum atomic E-state index is 5.98. The Labute approximate surface area is 144 Å². The minimum Gasteiger partial charge on any atom is -0.495 e. The number of hydrogen-bond donors (Lipinski definition) is 1. The summed E-state index contributed by atoms with van der Waals surface area (Å²) in [5, 5.41) is 0. The van der Waals surface area contributed by atoms with Gasteiger partial charge in [0.1, 0.15) is 5.75 Å². The van der Waals surface area contributed by atoms with Crippen molar-refractivity contribution in [1.82, 2.24) is 4.90 Å². The van der Waals surface area contributed by atoms with Crippen LogP contribution in [0.3, 0.4) is 0 Å². The summed E-state index contributed by atoms with van der Waals surface area (Å²) in [6.07, 6.45) is 2.23. The summed E-state index contributed by atoms with van der Waals surface area (Å²) in [4.78, 5) is 5.03. The van der Waals surface area contributed by atoms with Gasteiger partial charge in [0.15, 0.2) is 0 Å². The van der Waals surface area contributed by atoms with Crippen LogP contribution in [0.25, 0.3) is 0 Å². The van der Waals surface area contributed by atoms with E-state index in [0.717, 1.165) is 57.0 Å². The van der Waals surface area contributed by atoms with Gasteiger partial charge in [-0.2, -0.15) is 0 Å². The molecular weight excluding hydrogens is 298 g/mol. The van der Waals surface area contributed by atoms with Gasteiger partial charge in [-0.3, -0.25) is 4.90 Å². The second kappa shape index (κ2) is 8.06. The third-order valence-corrected chi connectivity index (χ3v) is 4.73. The van der Waals surface area contributed by atoms with Gasteiger partial charge in [-0.25, -0.2) is 0 Å². The SMILES string of the molecule is COc1ccc(CCCN2CCN(c3ccccc3)CC2)cc1N. The summed E-state index contributed by atoms with van der Waals surface area (Å²) in [6, 6.07) is 16.8. The van der Waals surface area contributed by atoms with Crippen LogP contribution in [-0.2, 0) is 6.42 Å². The zero-order valence-electron chi connectivity index (χ0n) is 14.4. The van der Waals surface area contributed by atoms with Crippen LogP contribution in [0.15, 0.2) is 48.5 Å². The molecule has 4 nitrogen and oxygen atoms in total. The van der Waals surface area contributed by atoms with Crippen LogP contribution in [0, 0.1) is 0 Å². The van der Waals surface area contributed by atoms with Crippen LogP contribution >= 0.6 is 0 Å². The van der Waals surface area contributed by atoms with E-state index in [9.17, 15) is 0 Å². The molecule has 128 valence electrons. The fourth-order valence-corrected chi connectivity index (χ4v) is 3.31. The number of ether oxygens (including phenoxy) is 1. The average Bonchev–Trinajstić information content (AvgIpc) is 2.63. The molecule has 0 bridgehead atoms. The first kappa shape index (κ1) is 16.7. The Bertz CT molecular complexity index is 637. The molecule has 0 aromatic heterocycles. The van der Waals surface area contributed by atoms with Gasteiger partial charge in [0.05, 0.1) is 12.8 Å². The highest BCUT2D eigenvalue weighted by Crippen LogP contribution is 2.22. The smallest absolute Gasteiger partial charge is 0.141 e. The monoisotopic (exact) mass is 325 g/mol. The number of nitrogens with two attached hydrogens (primary N) is 1. The van der Waals surface area contributed by atoms with E-state index in [4.69, 9.17) is 10.5 Å². The fourth-order valence-electron chi connectivity index (χ4n) is 3.31. The predicted molar refractivity (Wildman–Crippen MR) is 101 cm³/mol. The van der Waals surface area contributed by atoms with Crippen molar-refractivity contribution < 1.29 is 4.74 Å². The van der Waals surface area contributed by atoms with Crippen molar-refractivity contribution in [3.05, 3.63) is 54.1 Å². The van der Waals surface area contributed by atoms with Crippen molar-refractivity contribution in [2.75, 3.05) is 50.5 Å². The highest BCUT2D eigenvalue weighted by Gasteiger charge is 2.16. The number of nitrogens with zero attached hydrogens (tertiary/aromatic N) is 2. The Kier molecular flexibility index (Phi) is 5.59. The van der Waals surface area contributed by atoms with Crippen LogP contribution in [-0.4, -0.2) is 44.7 Å². The average molecular weight is 325 g/mol. The Morgan fingerprint density at radius 2 is 1.75 bits per heavy atom. The molecule has 0 radical (unpaired) electrons. The van der Waals surface area contributed by atoms with E-state index in [1.54, 1.807) is 7.11 Å². The predicted octanol–water partition coefficient (Wildman–Crippen LogP) is 3.03. The maximum Gasteiger partial charge on any atom is 0.141 e. The molecule has 4 heteroatoms. The topological polar surface area (TPSA) is 41.7 Å². The number of piperazine rings is 1. The molecule has 1 heterocycles. The van der Waals surface area contributed by atoms with Gasteiger partial charge in [0.2, 0.25) is 0 Å². The van der Waals surface area contributed by atoms with Crippen molar-refractivity contribution >= 4 is 11.4 Å². The molecule has 1 saturated heterocycles. The van der Waals surface area contributed by atoms with Crippen molar-refractivity contribution in [2.24, 2.45) is 0 Å². The Balaban J connectivity index is 1.41. The molecule has 0 aliphatic carbocycles. The molecule has 1 aliphatic heterocycles. The number of nitrogen functional groups attached to an aromatic ring is 1. The minimum atomic E-state index is 0.728. The molecule has 0 saturated carbocycles. The summed E-state index contributed by atoms with van der Waals surface area (Å²) in [5.41, 5.74) is 9.33. The van der Waals surface area contributed by atoms with Gasteiger partial charge in [-0.1, -0.05) is 24.3 Å². The van der Waals surface area contributed by atoms with E-state index in [0.29, 0.717) is 0 Å². The number of anilines is 2. The van der Waals surface area contributed by atoms with Crippen LogP contribution in [0.2, 0.25) is 0 Å². The normalized spacial score (nSPS) is 15.5. The minimum absolute atomic E-state index is 0.728. The van der Waals surface area contributed by atoms with E-state index in [1.807, 2.05) is 12.1 Å². The summed E-state index contributed by atoms with van der Waals surface area (Å²) in [6.45, 7) is 5.65. The van der Waals surface area contributed by atoms with E-state index >= 15 is 0 Å². The molecule has 1 aliphatic rings. The summed E-state index contributed by atoms with van der Waals surface area (Å²) in [7, 11) is 1.65. The molecular formula is C20H27N3O. The summed E-state index contributed by atoms with van der Waals surface area (Å²) >= 11 is 0. The second-order valence-electron chi connectivity index (χ2n) is 6.34. The quantitative estimate of drug-likeness (QED) is 0.829. The van der Waals surface area contributed by atoms with Crippen LogP contribution < -0.4 is 15.4 Å². The number of aryl methyl sites for hydroxylation is 1. The van der Waals surface area contributed by atoms with E-state index in [2.05, 4.69) is 46.2 Å². The fraction of sp³-hybridized carbons (Fsp3) is 0.400. The van der Waals surface area contributed by atoms with E-state index in [-0.39, 0.29) is 0 Å². The largest absolute Gasteiger partial charge is 0.495 e. The first-order valence-corrected chi connectivity index (χ1v) is 8.71. The molecule has 0 amide bonds. The van der Waals surface area contributed by atoms with Gasteiger partial charge in [-0.05, 0) is 49.2 Å². The van der Waals surface area contributed by atoms with Crippen LogP contribution in [0.1, 0.15) is 12.0 Å². The zero-order valence-corrected chi connectivity index (χ0v) is 14.4. The Morgan fingerprint density at radius 3 is 2.42 bits per heavy atom. The number of rotatable bonds is 6. The lowest BCUT2D eigenvalue weighted by atomic mass is 10.1.